The van der Waals surface area contributed by atoms with E-state index in [9.17, 15) is 8.78 Å². The topological polar surface area (TPSA) is 12.0 Å². The van der Waals surface area contributed by atoms with E-state index < -0.39 is 11.6 Å². The van der Waals surface area contributed by atoms with Gasteiger partial charge in [0.15, 0.2) is 0 Å². The number of nitrogens with one attached hydrogen (secondary N) is 1. The molecule has 1 N–H and O–H groups in total. The summed E-state index contributed by atoms with van der Waals surface area (Å²) in [6.45, 7) is 3.72. The molecule has 0 bridgehead atoms. The molecule has 0 radical (unpaired) electrons. The molecular weight excluding hydrogens is 232 g/mol. The van der Waals surface area contributed by atoms with E-state index in [4.69, 9.17) is 0 Å². The first-order chi connectivity index (χ1) is 8.70. The van der Waals surface area contributed by atoms with Crippen LogP contribution in [-0.2, 0) is 6.54 Å². The average molecular weight is 247 g/mol. The van der Waals surface area contributed by atoms with Gasteiger partial charge in [0.05, 0.1) is 0 Å². The number of halogens is 2. The van der Waals surface area contributed by atoms with Crippen molar-refractivity contribution in [2.45, 2.75) is 13.5 Å². The third-order valence-electron chi connectivity index (χ3n) is 2.77. The van der Waals surface area contributed by atoms with Crippen LogP contribution >= 0.6 is 0 Å². The Morgan fingerprint density at radius 1 is 1.00 bits per heavy atom. The summed E-state index contributed by atoms with van der Waals surface area (Å²) in [5.41, 5.74) is 2.11. The molecular formula is C15H15F2N. The number of rotatable bonds is 4. The second-order valence-corrected chi connectivity index (χ2v) is 4.10. The van der Waals surface area contributed by atoms with Crippen molar-refractivity contribution in [3.8, 4) is 11.1 Å². The molecule has 0 atom stereocenters. The molecule has 0 saturated carbocycles. The Labute approximate surface area is 105 Å². The Bertz CT molecular complexity index is 521. The first-order valence-electron chi connectivity index (χ1n) is 5.96. The van der Waals surface area contributed by atoms with Gasteiger partial charge in [-0.2, -0.15) is 0 Å². The van der Waals surface area contributed by atoms with Crippen LogP contribution in [0, 0.1) is 11.6 Å². The van der Waals surface area contributed by atoms with Crippen LogP contribution in [0.15, 0.2) is 42.5 Å². The van der Waals surface area contributed by atoms with Crippen molar-refractivity contribution in [2.75, 3.05) is 6.54 Å². The third kappa shape index (κ3) is 2.93. The van der Waals surface area contributed by atoms with E-state index in [-0.39, 0.29) is 0 Å². The first kappa shape index (κ1) is 12.7. The summed E-state index contributed by atoms with van der Waals surface area (Å²) in [7, 11) is 0. The number of benzene rings is 2. The van der Waals surface area contributed by atoms with Crippen molar-refractivity contribution in [3.63, 3.8) is 0 Å². The van der Waals surface area contributed by atoms with Crippen molar-refractivity contribution >= 4 is 0 Å². The molecule has 0 fully saturated rings. The quantitative estimate of drug-likeness (QED) is 0.867. The van der Waals surface area contributed by atoms with E-state index >= 15 is 0 Å². The SMILES string of the molecule is CCNCc1ccc(-c2cc(F)ccc2F)cc1. The van der Waals surface area contributed by atoms with Gasteiger partial charge in [0.25, 0.3) is 0 Å². The van der Waals surface area contributed by atoms with Crippen LogP contribution in [0.25, 0.3) is 11.1 Å². The van der Waals surface area contributed by atoms with Crippen molar-refractivity contribution < 1.29 is 8.78 Å². The van der Waals surface area contributed by atoms with Crippen LogP contribution in [0.5, 0.6) is 0 Å². The molecule has 2 aromatic rings. The summed E-state index contributed by atoms with van der Waals surface area (Å²) in [6.07, 6.45) is 0. The highest BCUT2D eigenvalue weighted by Crippen LogP contribution is 2.23. The van der Waals surface area contributed by atoms with Crippen LogP contribution in [0.2, 0.25) is 0 Å². The van der Waals surface area contributed by atoms with Gasteiger partial charge in [-0.15, -0.1) is 0 Å². The Balaban J connectivity index is 2.25. The Morgan fingerprint density at radius 3 is 2.39 bits per heavy atom. The van der Waals surface area contributed by atoms with Crippen LogP contribution in [0.4, 0.5) is 8.78 Å². The number of hydrogen-bond donors (Lipinski definition) is 1. The molecule has 0 aliphatic heterocycles. The molecule has 18 heavy (non-hydrogen) atoms. The van der Waals surface area contributed by atoms with Gasteiger partial charge in [-0.3, -0.25) is 0 Å². The van der Waals surface area contributed by atoms with E-state index in [1.54, 1.807) is 0 Å². The van der Waals surface area contributed by atoms with Gasteiger partial charge in [0.2, 0.25) is 0 Å². The Kier molecular flexibility index (Phi) is 4.05. The Morgan fingerprint density at radius 2 is 1.72 bits per heavy atom. The smallest absolute Gasteiger partial charge is 0.131 e. The zero-order valence-electron chi connectivity index (χ0n) is 10.2. The van der Waals surface area contributed by atoms with E-state index in [0.717, 1.165) is 30.8 Å². The summed E-state index contributed by atoms with van der Waals surface area (Å²) < 4.78 is 26.7. The standard InChI is InChI=1S/C15H15F2N/c1-2-18-10-11-3-5-12(6-4-11)14-9-13(16)7-8-15(14)17/h3-9,18H,2,10H2,1H3. The summed E-state index contributed by atoms with van der Waals surface area (Å²) >= 11 is 0. The summed E-state index contributed by atoms with van der Waals surface area (Å²) in [4.78, 5) is 0. The van der Waals surface area contributed by atoms with Crippen molar-refractivity contribution in [1.29, 1.82) is 0 Å². The minimum Gasteiger partial charge on any atom is -0.313 e. The number of hydrogen-bond acceptors (Lipinski definition) is 1. The Hall–Kier alpha value is -1.74. The maximum atomic E-state index is 13.6. The van der Waals surface area contributed by atoms with E-state index in [2.05, 4.69) is 5.32 Å². The predicted molar refractivity (Wildman–Crippen MR) is 69.2 cm³/mol. The summed E-state index contributed by atoms with van der Waals surface area (Å²) in [5, 5.41) is 3.21. The van der Waals surface area contributed by atoms with E-state index in [0.29, 0.717) is 11.1 Å². The van der Waals surface area contributed by atoms with Crippen LogP contribution < -0.4 is 5.32 Å². The molecule has 0 aliphatic rings. The van der Waals surface area contributed by atoms with Gasteiger partial charge >= 0.3 is 0 Å². The largest absolute Gasteiger partial charge is 0.313 e. The van der Waals surface area contributed by atoms with Gasteiger partial charge in [0.1, 0.15) is 11.6 Å². The van der Waals surface area contributed by atoms with Crippen LogP contribution in [0.1, 0.15) is 12.5 Å². The molecule has 2 rings (SSSR count). The van der Waals surface area contributed by atoms with E-state index in [1.165, 1.54) is 6.07 Å². The molecule has 0 unspecified atom stereocenters. The predicted octanol–water partition coefficient (Wildman–Crippen LogP) is 3.74. The fourth-order valence-electron chi connectivity index (χ4n) is 1.79. The average Bonchev–Trinajstić information content (AvgIpc) is 2.40. The molecule has 94 valence electrons. The normalized spacial score (nSPS) is 10.6. The third-order valence-corrected chi connectivity index (χ3v) is 2.77. The molecule has 0 aliphatic carbocycles. The monoisotopic (exact) mass is 247 g/mol. The van der Waals surface area contributed by atoms with Crippen molar-refractivity contribution in [2.24, 2.45) is 0 Å². The van der Waals surface area contributed by atoms with Crippen LogP contribution in [0.3, 0.4) is 0 Å². The highest BCUT2D eigenvalue weighted by atomic mass is 19.1. The van der Waals surface area contributed by atoms with Gasteiger partial charge in [-0.25, -0.2) is 8.78 Å². The molecule has 0 aromatic heterocycles. The minimum absolute atomic E-state index is 0.296. The first-order valence-corrected chi connectivity index (χ1v) is 5.96. The lowest BCUT2D eigenvalue weighted by molar-refractivity contribution is 0.603. The molecule has 0 heterocycles. The van der Waals surface area contributed by atoms with Crippen LogP contribution in [-0.4, -0.2) is 6.54 Å². The zero-order valence-corrected chi connectivity index (χ0v) is 10.2. The fourth-order valence-corrected chi connectivity index (χ4v) is 1.79. The lowest BCUT2D eigenvalue weighted by Crippen LogP contribution is -2.11. The molecule has 0 saturated heterocycles. The molecule has 1 nitrogen and oxygen atoms in total. The summed E-state index contributed by atoms with van der Waals surface area (Å²) in [6, 6.07) is 10.9. The van der Waals surface area contributed by atoms with Gasteiger partial charge in [-0.05, 0) is 35.9 Å². The highest BCUT2D eigenvalue weighted by molar-refractivity contribution is 5.64. The highest BCUT2D eigenvalue weighted by Gasteiger charge is 2.06. The van der Waals surface area contributed by atoms with Gasteiger partial charge in [-0.1, -0.05) is 31.2 Å². The maximum absolute atomic E-state index is 13.6. The lowest BCUT2D eigenvalue weighted by atomic mass is 10.0. The second-order valence-electron chi connectivity index (χ2n) is 4.10. The lowest BCUT2D eigenvalue weighted by Gasteiger charge is -2.06. The minimum atomic E-state index is -0.428. The molecule has 3 heteroatoms. The molecule has 0 amide bonds. The molecule has 0 spiro atoms. The fraction of sp³-hybridized carbons (Fsp3) is 0.200. The maximum Gasteiger partial charge on any atom is 0.131 e. The van der Waals surface area contributed by atoms with E-state index in [1.807, 2.05) is 31.2 Å². The van der Waals surface area contributed by atoms with Crippen molar-refractivity contribution in [1.82, 2.24) is 5.32 Å². The summed E-state index contributed by atoms with van der Waals surface area (Å²) in [5.74, 6) is -0.834. The molecule has 2 aromatic carbocycles. The second kappa shape index (κ2) is 5.74. The van der Waals surface area contributed by atoms with Gasteiger partial charge in [0, 0.05) is 12.1 Å². The van der Waals surface area contributed by atoms with Gasteiger partial charge < -0.3 is 5.32 Å². The van der Waals surface area contributed by atoms with Crippen molar-refractivity contribution in [3.05, 3.63) is 59.7 Å². The zero-order chi connectivity index (χ0) is 13.0.